The molecule has 5 rings (SSSR count). The second-order valence-corrected chi connectivity index (χ2v) is 7.50. The van der Waals surface area contributed by atoms with Gasteiger partial charge in [-0.25, -0.2) is 19.5 Å². The molecule has 1 saturated heterocycles. The van der Waals surface area contributed by atoms with E-state index in [2.05, 4.69) is 31.0 Å². The Hall–Kier alpha value is -3.21. The van der Waals surface area contributed by atoms with E-state index in [1.165, 1.54) is 12.8 Å². The van der Waals surface area contributed by atoms with E-state index in [0.717, 1.165) is 37.3 Å². The summed E-state index contributed by atoms with van der Waals surface area (Å²) in [7, 11) is 0. The van der Waals surface area contributed by atoms with Gasteiger partial charge in [0.1, 0.15) is 6.07 Å². The number of nitrogens with zero attached hydrogens (tertiary/aromatic N) is 7. The standard InChI is InChI=1S/C20H21N7O/c21-11-16-20(23-8-7-22-16)26-9-5-14(6-10-26)13-28-19-4-3-18-24-17(15-1-2-15)12-27(18)25-19/h3-4,7-8,12,14-15H,1-2,5-6,9-10,13H2. The Bertz CT molecular complexity index is 1030. The van der Waals surface area contributed by atoms with E-state index >= 15 is 0 Å². The Morgan fingerprint density at radius 3 is 2.71 bits per heavy atom. The number of piperidine rings is 1. The quantitative estimate of drug-likeness (QED) is 0.676. The molecule has 142 valence electrons. The molecular weight excluding hydrogens is 354 g/mol. The Labute approximate surface area is 162 Å². The number of hydrogen-bond acceptors (Lipinski definition) is 7. The molecule has 0 radical (unpaired) electrons. The highest BCUT2D eigenvalue weighted by Crippen LogP contribution is 2.39. The van der Waals surface area contributed by atoms with Gasteiger partial charge in [0.05, 0.1) is 18.5 Å². The van der Waals surface area contributed by atoms with Crippen LogP contribution in [0.15, 0.2) is 30.7 Å². The third kappa shape index (κ3) is 3.36. The first kappa shape index (κ1) is 16.9. The van der Waals surface area contributed by atoms with Gasteiger partial charge in [0.15, 0.2) is 17.2 Å². The first-order chi connectivity index (χ1) is 13.8. The summed E-state index contributed by atoms with van der Waals surface area (Å²) in [6.45, 7) is 2.34. The van der Waals surface area contributed by atoms with Gasteiger partial charge in [0.25, 0.3) is 0 Å². The maximum Gasteiger partial charge on any atom is 0.231 e. The van der Waals surface area contributed by atoms with Gasteiger partial charge in [-0.05, 0) is 37.7 Å². The lowest BCUT2D eigenvalue weighted by Crippen LogP contribution is -2.36. The molecule has 1 aliphatic heterocycles. The Morgan fingerprint density at radius 2 is 1.93 bits per heavy atom. The molecule has 8 nitrogen and oxygen atoms in total. The maximum absolute atomic E-state index is 9.21. The van der Waals surface area contributed by atoms with Crippen molar-refractivity contribution < 1.29 is 4.74 Å². The number of hydrogen-bond donors (Lipinski definition) is 0. The van der Waals surface area contributed by atoms with E-state index in [1.54, 1.807) is 12.4 Å². The Balaban J connectivity index is 1.18. The van der Waals surface area contributed by atoms with Crippen LogP contribution in [0.2, 0.25) is 0 Å². The van der Waals surface area contributed by atoms with E-state index in [1.807, 2.05) is 22.8 Å². The first-order valence-electron chi connectivity index (χ1n) is 9.75. The van der Waals surface area contributed by atoms with Crippen LogP contribution in [0.1, 0.15) is 43.0 Å². The maximum atomic E-state index is 9.21. The van der Waals surface area contributed by atoms with Crippen molar-refractivity contribution in [3.05, 3.63) is 42.1 Å². The highest BCUT2D eigenvalue weighted by molar-refractivity contribution is 5.49. The Kier molecular flexibility index (Phi) is 4.28. The summed E-state index contributed by atoms with van der Waals surface area (Å²) in [5.74, 6) is 2.39. The van der Waals surface area contributed by atoms with Crippen molar-refractivity contribution in [1.29, 1.82) is 5.26 Å². The van der Waals surface area contributed by atoms with Crippen LogP contribution in [0.5, 0.6) is 5.88 Å². The van der Waals surface area contributed by atoms with Crippen LogP contribution in [-0.4, -0.2) is 44.3 Å². The number of imidazole rings is 1. The van der Waals surface area contributed by atoms with Crippen molar-refractivity contribution in [3.8, 4) is 11.9 Å². The van der Waals surface area contributed by atoms with Crippen molar-refractivity contribution >= 4 is 11.5 Å². The minimum atomic E-state index is 0.389. The number of nitriles is 1. The third-order valence-corrected chi connectivity index (χ3v) is 5.48. The van der Waals surface area contributed by atoms with Gasteiger partial charge in [-0.3, -0.25) is 0 Å². The topological polar surface area (TPSA) is 92.2 Å². The minimum absolute atomic E-state index is 0.389. The molecule has 28 heavy (non-hydrogen) atoms. The molecular formula is C20H21N7O. The number of rotatable bonds is 5. The zero-order valence-corrected chi connectivity index (χ0v) is 15.5. The number of aromatic nitrogens is 5. The molecule has 1 aliphatic carbocycles. The van der Waals surface area contributed by atoms with Crippen molar-refractivity contribution in [2.24, 2.45) is 5.92 Å². The number of ether oxygens (including phenoxy) is 1. The lowest BCUT2D eigenvalue weighted by atomic mass is 9.98. The van der Waals surface area contributed by atoms with Gasteiger partial charge in [-0.1, -0.05) is 0 Å². The van der Waals surface area contributed by atoms with Crippen molar-refractivity contribution in [2.75, 3.05) is 24.6 Å². The van der Waals surface area contributed by atoms with Crippen LogP contribution >= 0.6 is 0 Å². The molecule has 0 bridgehead atoms. The second-order valence-electron chi connectivity index (χ2n) is 7.50. The smallest absolute Gasteiger partial charge is 0.231 e. The molecule has 4 heterocycles. The largest absolute Gasteiger partial charge is 0.476 e. The number of fused-ring (bicyclic) bond motifs is 1. The lowest BCUT2D eigenvalue weighted by molar-refractivity contribution is 0.213. The van der Waals surface area contributed by atoms with Crippen LogP contribution in [0.25, 0.3) is 5.65 Å². The predicted octanol–water partition coefficient (Wildman–Crippen LogP) is 2.56. The molecule has 0 aromatic carbocycles. The van der Waals surface area contributed by atoms with Crippen molar-refractivity contribution in [1.82, 2.24) is 24.6 Å². The summed E-state index contributed by atoms with van der Waals surface area (Å²) in [6.07, 6.45) is 9.65. The molecule has 3 aromatic heterocycles. The first-order valence-corrected chi connectivity index (χ1v) is 9.75. The summed E-state index contributed by atoms with van der Waals surface area (Å²) in [5.41, 5.74) is 2.40. The fourth-order valence-electron chi connectivity index (χ4n) is 3.69. The van der Waals surface area contributed by atoms with Gasteiger partial charge >= 0.3 is 0 Å². The summed E-state index contributed by atoms with van der Waals surface area (Å²) < 4.78 is 7.79. The van der Waals surface area contributed by atoms with E-state index in [0.29, 0.717) is 35.8 Å². The fourth-order valence-corrected chi connectivity index (χ4v) is 3.69. The molecule has 2 fully saturated rings. The second kappa shape index (κ2) is 7.08. The molecule has 3 aromatic rings. The molecule has 0 atom stereocenters. The van der Waals surface area contributed by atoms with Gasteiger partial charge in [-0.15, -0.1) is 5.10 Å². The number of anilines is 1. The van der Waals surface area contributed by atoms with Gasteiger partial charge in [0, 0.05) is 37.5 Å². The molecule has 0 N–H and O–H groups in total. The van der Waals surface area contributed by atoms with Crippen LogP contribution < -0.4 is 9.64 Å². The molecule has 0 amide bonds. The summed E-state index contributed by atoms with van der Waals surface area (Å²) in [5, 5.41) is 13.8. The third-order valence-electron chi connectivity index (χ3n) is 5.48. The van der Waals surface area contributed by atoms with Gasteiger partial charge in [-0.2, -0.15) is 5.26 Å². The normalized spacial score (nSPS) is 17.6. The van der Waals surface area contributed by atoms with E-state index in [-0.39, 0.29) is 0 Å². The monoisotopic (exact) mass is 375 g/mol. The minimum Gasteiger partial charge on any atom is -0.476 e. The zero-order valence-electron chi connectivity index (χ0n) is 15.5. The van der Waals surface area contributed by atoms with E-state index in [4.69, 9.17) is 4.74 Å². The van der Waals surface area contributed by atoms with Crippen molar-refractivity contribution in [2.45, 2.75) is 31.6 Å². The van der Waals surface area contributed by atoms with Gasteiger partial charge in [0.2, 0.25) is 5.88 Å². The summed E-state index contributed by atoms with van der Waals surface area (Å²) >= 11 is 0. The molecule has 0 spiro atoms. The van der Waals surface area contributed by atoms with Crippen molar-refractivity contribution in [3.63, 3.8) is 0 Å². The fraction of sp³-hybridized carbons (Fsp3) is 0.450. The van der Waals surface area contributed by atoms with Crippen LogP contribution in [0, 0.1) is 17.2 Å². The van der Waals surface area contributed by atoms with Crippen LogP contribution in [0.4, 0.5) is 5.82 Å². The van der Waals surface area contributed by atoms with E-state index in [9.17, 15) is 5.26 Å². The summed E-state index contributed by atoms with van der Waals surface area (Å²) in [6, 6.07) is 5.98. The van der Waals surface area contributed by atoms with Gasteiger partial charge < -0.3 is 9.64 Å². The SMILES string of the molecule is N#Cc1nccnc1N1CCC(COc2ccc3nc(C4CC4)cn3n2)CC1. The zero-order chi connectivity index (χ0) is 18.9. The predicted molar refractivity (Wildman–Crippen MR) is 102 cm³/mol. The molecule has 8 heteroatoms. The summed E-state index contributed by atoms with van der Waals surface area (Å²) in [4.78, 5) is 15.2. The van der Waals surface area contributed by atoms with Crippen LogP contribution in [0.3, 0.4) is 0 Å². The van der Waals surface area contributed by atoms with E-state index < -0.39 is 0 Å². The average Bonchev–Trinajstić information content (AvgIpc) is 3.51. The highest BCUT2D eigenvalue weighted by Gasteiger charge is 2.26. The highest BCUT2D eigenvalue weighted by atomic mass is 16.5. The van der Waals surface area contributed by atoms with Crippen LogP contribution in [-0.2, 0) is 0 Å². The lowest BCUT2D eigenvalue weighted by Gasteiger charge is -2.32. The molecule has 1 saturated carbocycles. The Morgan fingerprint density at radius 1 is 1.11 bits per heavy atom. The molecule has 0 unspecified atom stereocenters. The average molecular weight is 375 g/mol. The molecule has 2 aliphatic rings.